The SMILES string of the molecule is CNC1CCC(c2ccc(Cl)c(Cl)c2)c2ccc(N/C=C\N)cc21. The van der Waals surface area contributed by atoms with Gasteiger partial charge in [-0.05, 0) is 60.8 Å². The summed E-state index contributed by atoms with van der Waals surface area (Å²) in [5.74, 6) is 0.332. The van der Waals surface area contributed by atoms with E-state index >= 15 is 0 Å². The highest BCUT2D eigenvalue weighted by molar-refractivity contribution is 6.42. The van der Waals surface area contributed by atoms with Crippen molar-refractivity contribution in [3.63, 3.8) is 0 Å². The summed E-state index contributed by atoms with van der Waals surface area (Å²) in [6, 6.07) is 12.8. The fraction of sp³-hybridized carbons (Fsp3) is 0.263. The van der Waals surface area contributed by atoms with E-state index in [0.29, 0.717) is 22.0 Å². The summed E-state index contributed by atoms with van der Waals surface area (Å²) in [4.78, 5) is 0. The van der Waals surface area contributed by atoms with Crippen LogP contribution in [-0.4, -0.2) is 7.05 Å². The van der Waals surface area contributed by atoms with Crippen LogP contribution in [0.25, 0.3) is 0 Å². The molecule has 0 amide bonds. The molecule has 2 atom stereocenters. The third kappa shape index (κ3) is 3.39. The van der Waals surface area contributed by atoms with Crippen molar-refractivity contribution in [3.05, 3.63) is 75.5 Å². The minimum absolute atomic E-state index is 0.332. The van der Waals surface area contributed by atoms with Crippen molar-refractivity contribution in [1.82, 2.24) is 5.32 Å². The van der Waals surface area contributed by atoms with Gasteiger partial charge in [-0.1, -0.05) is 35.3 Å². The third-order valence-corrected chi connectivity index (χ3v) is 5.36. The maximum atomic E-state index is 6.22. The Morgan fingerprint density at radius 2 is 1.88 bits per heavy atom. The van der Waals surface area contributed by atoms with Gasteiger partial charge >= 0.3 is 0 Å². The Kier molecular flexibility index (Phi) is 5.34. The van der Waals surface area contributed by atoms with Crippen molar-refractivity contribution < 1.29 is 0 Å². The summed E-state index contributed by atoms with van der Waals surface area (Å²) in [6.07, 6.45) is 5.37. The van der Waals surface area contributed by atoms with Crippen LogP contribution in [0.15, 0.2) is 48.8 Å². The first kappa shape index (κ1) is 17.2. The van der Waals surface area contributed by atoms with Gasteiger partial charge in [0, 0.05) is 30.0 Å². The number of anilines is 1. The number of nitrogens with one attached hydrogen (secondary N) is 2. The number of nitrogens with two attached hydrogens (primary N) is 1. The highest BCUT2D eigenvalue weighted by atomic mass is 35.5. The zero-order valence-electron chi connectivity index (χ0n) is 13.5. The maximum Gasteiger partial charge on any atom is 0.0595 e. The van der Waals surface area contributed by atoms with Crippen LogP contribution in [0, 0.1) is 0 Å². The maximum absolute atomic E-state index is 6.22. The van der Waals surface area contributed by atoms with Gasteiger partial charge in [-0.15, -0.1) is 0 Å². The molecule has 1 aliphatic rings. The molecule has 0 bridgehead atoms. The van der Waals surface area contributed by atoms with Crippen molar-refractivity contribution in [2.24, 2.45) is 5.73 Å². The predicted molar refractivity (Wildman–Crippen MR) is 103 cm³/mol. The van der Waals surface area contributed by atoms with Gasteiger partial charge in [0.2, 0.25) is 0 Å². The van der Waals surface area contributed by atoms with E-state index in [4.69, 9.17) is 28.9 Å². The van der Waals surface area contributed by atoms with Gasteiger partial charge in [-0.3, -0.25) is 0 Å². The molecule has 1 aliphatic carbocycles. The molecule has 0 saturated heterocycles. The topological polar surface area (TPSA) is 50.1 Å². The number of halogens is 2. The van der Waals surface area contributed by atoms with E-state index in [1.54, 1.807) is 6.20 Å². The molecule has 0 aliphatic heterocycles. The molecule has 0 fully saturated rings. The van der Waals surface area contributed by atoms with Gasteiger partial charge in [0.05, 0.1) is 10.0 Å². The normalized spacial score (nSPS) is 20.1. The summed E-state index contributed by atoms with van der Waals surface area (Å²) >= 11 is 12.3. The van der Waals surface area contributed by atoms with Crippen molar-refractivity contribution in [2.45, 2.75) is 24.8 Å². The van der Waals surface area contributed by atoms with E-state index < -0.39 is 0 Å². The summed E-state index contributed by atoms with van der Waals surface area (Å²) in [5, 5.41) is 7.81. The molecule has 0 aromatic heterocycles. The number of rotatable bonds is 4. The molecule has 2 aromatic rings. The quantitative estimate of drug-likeness (QED) is 0.716. The number of fused-ring (bicyclic) bond motifs is 1. The van der Waals surface area contributed by atoms with Gasteiger partial charge < -0.3 is 16.4 Å². The first-order chi connectivity index (χ1) is 11.6. The van der Waals surface area contributed by atoms with E-state index in [2.05, 4.69) is 34.9 Å². The minimum atomic E-state index is 0.332. The predicted octanol–water partition coefficient (Wildman–Crippen LogP) is 5.02. The molecule has 2 unspecified atom stereocenters. The lowest BCUT2D eigenvalue weighted by Crippen LogP contribution is -2.24. The molecule has 24 heavy (non-hydrogen) atoms. The number of benzene rings is 2. The molecule has 5 heteroatoms. The van der Waals surface area contributed by atoms with Crippen LogP contribution in [-0.2, 0) is 0 Å². The first-order valence-corrected chi connectivity index (χ1v) is 8.79. The van der Waals surface area contributed by atoms with Crippen molar-refractivity contribution in [2.75, 3.05) is 12.4 Å². The van der Waals surface area contributed by atoms with Crippen molar-refractivity contribution in [1.29, 1.82) is 0 Å². The van der Waals surface area contributed by atoms with Crippen molar-refractivity contribution in [3.8, 4) is 0 Å². The average Bonchev–Trinajstić information content (AvgIpc) is 2.61. The van der Waals surface area contributed by atoms with Crippen LogP contribution >= 0.6 is 23.2 Å². The Balaban J connectivity index is 2.01. The lowest BCUT2D eigenvalue weighted by Gasteiger charge is -2.32. The van der Waals surface area contributed by atoms with Crippen LogP contribution in [0.3, 0.4) is 0 Å². The summed E-state index contributed by atoms with van der Waals surface area (Å²) in [7, 11) is 2.01. The highest BCUT2D eigenvalue weighted by Crippen LogP contribution is 2.43. The molecule has 2 aromatic carbocycles. The van der Waals surface area contributed by atoms with E-state index in [-0.39, 0.29) is 0 Å². The molecule has 0 spiro atoms. The van der Waals surface area contributed by atoms with Gasteiger partial charge in [-0.25, -0.2) is 0 Å². The largest absolute Gasteiger partial charge is 0.403 e. The number of hydrogen-bond donors (Lipinski definition) is 3. The minimum Gasteiger partial charge on any atom is -0.403 e. The van der Waals surface area contributed by atoms with Crippen LogP contribution in [0.5, 0.6) is 0 Å². The molecular formula is C19H21Cl2N3. The molecule has 0 heterocycles. The average molecular weight is 362 g/mol. The number of hydrogen-bond acceptors (Lipinski definition) is 3. The second-order valence-electron chi connectivity index (χ2n) is 5.99. The molecule has 4 N–H and O–H groups in total. The molecule has 3 rings (SSSR count). The van der Waals surface area contributed by atoms with Gasteiger partial charge in [0.1, 0.15) is 0 Å². The highest BCUT2D eigenvalue weighted by Gasteiger charge is 2.28. The second-order valence-corrected chi connectivity index (χ2v) is 6.81. The van der Waals surface area contributed by atoms with E-state index in [0.717, 1.165) is 18.5 Å². The molecule has 3 nitrogen and oxygen atoms in total. The zero-order valence-corrected chi connectivity index (χ0v) is 15.0. The lowest BCUT2D eigenvalue weighted by atomic mass is 9.76. The zero-order chi connectivity index (χ0) is 17.1. The Bertz CT molecular complexity index is 758. The van der Waals surface area contributed by atoms with E-state index in [9.17, 15) is 0 Å². The Morgan fingerprint density at radius 3 is 2.58 bits per heavy atom. The van der Waals surface area contributed by atoms with Crippen LogP contribution in [0.1, 0.15) is 41.5 Å². The fourth-order valence-electron chi connectivity index (χ4n) is 3.45. The first-order valence-electron chi connectivity index (χ1n) is 8.03. The standard InChI is InChI=1S/C19H21Cl2N3/c1-23-19-7-5-14(12-2-6-17(20)18(21)10-12)15-4-3-13(11-16(15)19)24-9-8-22/h2-4,6,8-11,14,19,23-24H,5,7,22H2,1H3/b9-8-. The van der Waals surface area contributed by atoms with Gasteiger partial charge in [-0.2, -0.15) is 0 Å². The second kappa shape index (κ2) is 7.47. The Labute approximate surface area is 152 Å². The fourth-order valence-corrected chi connectivity index (χ4v) is 3.75. The molecule has 126 valence electrons. The summed E-state index contributed by atoms with van der Waals surface area (Å²) in [6.45, 7) is 0. The molecule has 0 radical (unpaired) electrons. The van der Waals surface area contributed by atoms with E-state index in [1.807, 2.05) is 19.2 Å². The third-order valence-electron chi connectivity index (χ3n) is 4.62. The Hall–Kier alpha value is -1.68. The van der Waals surface area contributed by atoms with Crippen LogP contribution in [0.2, 0.25) is 10.0 Å². The lowest BCUT2D eigenvalue weighted by molar-refractivity contribution is 0.471. The smallest absolute Gasteiger partial charge is 0.0595 e. The van der Waals surface area contributed by atoms with E-state index in [1.165, 1.54) is 22.9 Å². The van der Waals surface area contributed by atoms with Crippen LogP contribution in [0.4, 0.5) is 5.69 Å². The van der Waals surface area contributed by atoms with Gasteiger partial charge in [0.25, 0.3) is 0 Å². The Morgan fingerprint density at radius 1 is 1.04 bits per heavy atom. The monoisotopic (exact) mass is 361 g/mol. The summed E-state index contributed by atoms with van der Waals surface area (Å²) < 4.78 is 0. The molecular weight excluding hydrogens is 341 g/mol. The summed E-state index contributed by atoms with van der Waals surface area (Å²) in [5.41, 5.74) is 10.3. The van der Waals surface area contributed by atoms with Crippen molar-refractivity contribution >= 4 is 28.9 Å². The van der Waals surface area contributed by atoms with Crippen LogP contribution < -0.4 is 16.4 Å². The molecule has 0 saturated carbocycles. The van der Waals surface area contributed by atoms with Gasteiger partial charge in [0.15, 0.2) is 0 Å².